The fourth-order valence-corrected chi connectivity index (χ4v) is 2.86. The van der Waals surface area contributed by atoms with E-state index in [0.717, 1.165) is 23.7 Å². The Bertz CT molecular complexity index is 374. The second-order valence-corrected chi connectivity index (χ2v) is 5.10. The highest BCUT2D eigenvalue weighted by molar-refractivity contribution is 7.99. The molecule has 1 fully saturated rings. The summed E-state index contributed by atoms with van der Waals surface area (Å²) in [7, 11) is 0. The summed E-state index contributed by atoms with van der Waals surface area (Å²) < 4.78 is 5.52. The third-order valence-electron chi connectivity index (χ3n) is 2.54. The van der Waals surface area contributed by atoms with Gasteiger partial charge in [0.2, 0.25) is 5.95 Å². The van der Waals surface area contributed by atoms with Crippen LogP contribution in [0, 0.1) is 6.92 Å². The minimum atomic E-state index is 0.287. The lowest BCUT2D eigenvalue weighted by atomic mass is 10.3. The Balaban J connectivity index is 2.11. The van der Waals surface area contributed by atoms with Crippen LogP contribution in [0.2, 0.25) is 0 Å². The van der Waals surface area contributed by atoms with Crippen LogP contribution in [0.5, 0.6) is 0 Å². The number of nitrogens with zero attached hydrogens (tertiary/aromatic N) is 2. The van der Waals surface area contributed by atoms with Crippen molar-refractivity contribution in [1.29, 1.82) is 0 Å². The molecule has 1 aromatic heterocycles. The molecular weight excluding hydrogens is 224 g/mol. The Kier molecular flexibility index (Phi) is 3.63. The van der Waals surface area contributed by atoms with Gasteiger partial charge in [0, 0.05) is 17.6 Å². The van der Waals surface area contributed by atoms with Gasteiger partial charge in [0.25, 0.3) is 0 Å². The van der Waals surface area contributed by atoms with Crippen molar-refractivity contribution in [2.75, 3.05) is 12.0 Å². The molecule has 1 aliphatic rings. The fraction of sp³-hybridized carbons (Fsp3) is 0.600. The van der Waals surface area contributed by atoms with Gasteiger partial charge >= 0.3 is 0 Å². The average molecular weight is 240 g/mol. The van der Waals surface area contributed by atoms with Gasteiger partial charge < -0.3 is 4.74 Å². The first kappa shape index (κ1) is 11.6. The lowest BCUT2D eigenvalue weighted by Gasteiger charge is -2.13. The number of hydrogen-bond acceptors (Lipinski definition) is 6. The number of aromatic nitrogens is 2. The third kappa shape index (κ3) is 2.63. The summed E-state index contributed by atoms with van der Waals surface area (Å²) in [5.74, 6) is 5.78. The second-order valence-electron chi connectivity index (χ2n) is 3.84. The minimum absolute atomic E-state index is 0.287. The van der Waals surface area contributed by atoms with E-state index in [0.29, 0.717) is 11.2 Å². The monoisotopic (exact) mass is 240 g/mol. The Morgan fingerprint density at radius 1 is 1.56 bits per heavy atom. The zero-order valence-electron chi connectivity index (χ0n) is 9.43. The molecule has 0 radical (unpaired) electrons. The SMILES string of the molecule is Cc1cc(SC2CCOC2C)nc(NN)n1. The lowest BCUT2D eigenvalue weighted by Crippen LogP contribution is -2.15. The van der Waals surface area contributed by atoms with Crippen molar-refractivity contribution in [2.45, 2.75) is 36.6 Å². The number of hydrogen-bond donors (Lipinski definition) is 2. The predicted octanol–water partition coefficient (Wildman–Crippen LogP) is 1.34. The van der Waals surface area contributed by atoms with Crippen molar-refractivity contribution in [3.05, 3.63) is 11.8 Å². The van der Waals surface area contributed by atoms with Gasteiger partial charge in [-0.1, -0.05) is 0 Å². The first-order chi connectivity index (χ1) is 7.69. The molecule has 6 heteroatoms. The van der Waals surface area contributed by atoms with Crippen LogP contribution in [0.15, 0.2) is 11.1 Å². The smallest absolute Gasteiger partial charge is 0.238 e. The van der Waals surface area contributed by atoms with Crippen molar-refractivity contribution < 1.29 is 4.74 Å². The van der Waals surface area contributed by atoms with Crippen molar-refractivity contribution in [2.24, 2.45) is 5.84 Å². The molecule has 16 heavy (non-hydrogen) atoms. The van der Waals surface area contributed by atoms with Crippen LogP contribution in [0.3, 0.4) is 0 Å². The van der Waals surface area contributed by atoms with Gasteiger partial charge in [0.05, 0.1) is 6.10 Å². The van der Waals surface area contributed by atoms with Gasteiger partial charge in [-0.25, -0.2) is 15.8 Å². The Labute approximate surface area is 99.2 Å². The largest absolute Gasteiger partial charge is 0.377 e. The standard InChI is InChI=1S/C10H16N4OS/c1-6-5-9(13-10(12-6)14-11)16-8-3-4-15-7(8)2/h5,7-8H,3-4,11H2,1-2H3,(H,12,13,14). The molecule has 1 aromatic rings. The number of anilines is 1. The topological polar surface area (TPSA) is 73.1 Å². The Morgan fingerprint density at radius 3 is 3.00 bits per heavy atom. The summed E-state index contributed by atoms with van der Waals surface area (Å²) in [6, 6.07) is 1.97. The molecule has 2 unspecified atom stereocenters. The third-order valence-corrected chi connectivity index (χ3v) is 3.91. The van der Waals surface area contributed by atoms with E-state index in [1.807, 2.05) is 13.0 Å². The van der Waals surface area contributed by atoms with E-state index in [4.69, 9.17) is 10.6 Å². The van der Waals surface area contributed by atoms with Crippen LogP contribution < -0.4 is 11.3 Å². The molecule has 2 atom stereocenters. The van der Waals surface area contributed by atoms with Crippen LogP contribution in [0.4, 0.5) is 5.95 Å². The molecule has 2 rings (SSSR count). The summed E-state index contributed by atoms with van der Waals surface area (Å²) in [6.45, 7) is 4.87. The molecule has 0 aromatic carbocycles. The molecule has 1 saturated heterocycles. The highest BCUT2D eigenvalue weighted by atomic mass is 32.2. The van der Waals surface area contributed by atoms with Crippen molar-refractivity contribution in [3.63, 3.8) is 0 Å². The number of rotatable bonds is 3. The summed E-state index contributed by atoms with van der Waals surface area (Å²) >= 11 is 1.73. The fourth-order valence-electron chi connectivity index (χ4n) is 1.69. The maximum absolute atomic E-state index is 5.52. The molecule has 0 saturated carbocycles. The van der Waals surface area contributed by atoms with Gasteiger partial charge in [-0.3, -0.25) is 5.43 Å². The van der Waals surface area contributed by atoms with E-state index < -0.39 is 0 Å². The Hall–Kier alpha value is -0.850. The molecule has 5 nitrogen and oxygen atoms in total. The van der Waals surface area contributed by atoms with Crippen LogP contribution in [0.1, 0.15) is 19.0 Å². The normalized spacial score (nSPS) is 24.7. The average Bonchev–Trinajstić information content (AvgIpc) is 2.63. The van der Waals surface area contributed by atoms with Crippen molar-refractivity contribution in [1.82, 2.24) is 9.97 Å². The molecule has 1 aliphatic heterocycles. The molecule has 0 spiro atoms. The van der Waals surface area contributed by atoms with Gasteiger partial charge in [-0.15, -0.1) is 11.8 Å². The quantitative estimate of drug-likeness (QED) is 0.472. The van der Waals surface area contributed by atoms with Crippen LogP contribution >= 0.6 is 11.8 Å². The first-order valence-corrected chi connectivity index (χ1v) is 6.17. The lowest BCUT2D eigenvalue weighted by molar-refractivity contribution is 0.127. The number of hydrazine groups is 1. The predicted molar refractivity (Wildman–Crippen MR) is 64.3 cm³/mol. The summed E-state index contributed by atoms with van der Waals surface area (Å²) in [5, 5.41) is 1.42. The Morgan fingerprint density at radius 2 is 2.38 bits per heavy atom. The van der Waals surface area contributed by atoms with E-state index >= 15 is 0 Å². The number of aryl methyl sites for hydroxylation is 1. The zero-order chi connectivity index (χ0) is 11.5. The molecule has 0 amide bonds. The van der Waals surface area contributed by atoms with E-state index in [9.17, 15) is 0 Å². The maximum atomic E-state index is 5.52. The van der Waals surface area contributed by atoms with Gasteiger partial charge in [0.15, 0.2) is 0 Å². The second kappa shape index (κ2) is 4.99. The number of ether oxygens (including phenoxy) is 1. The number of thioether (sulfide) groups is 1. The highest BCUT2D eigenvalue weighted by Crippen LogP contribution is 2.31. The van der Waals surface area contributed by atoms with Crippen LogP contribution in [-0.2, 0) is 4.74 Å². The molecular formula is C10H16N4OS. The van der Waals surface area contributed by atoms with Crippen molar-refractivity contribution in [3.8, 4) is 0 Å². The van der Waals surface area contributed by atoms with Gasteiger partial charge in [0.1, 0.15) is 5.03 Å². The number of nitrogen functional groups attached to an aromatic ring is 1. The van der Waals surface area contributed by atoms with Gasteiger partial charge in [-0.2, -0.15) is 0 Å². The molecule has 0 aliphatic carbocycles. The summed E-state index contributed by atoms with van der Waals surface area (Å²) in [6.07, 6.45) is 1.36. The van der Waals surface area contributed by atoms with E-state index in [1.165, 1.54) is 0 Å². The number of nitrogens with two attached hydrogens (primary N) is 1. The maximum Gasteiger partial charge on any atom is 0.238 e. The molecule has 3 N–H and O–H groups in total. The van der Waals surface area contributed by atoms with Crippen LogP contribution in [-0.4, -0.2) is 27.9 Å². The van der Waals surface area contributed by atoms with E-state index in [2.05, 4.69) is 22.3 Å². The molecule has 0 bridgehead atoms. The summed E-state index contributed by atoms with van der Waals surface area (Å²) in [5.41, 5.74) is 3.39. The van der Waals surface area contributed by atoms with Crippen molar-refractivity contribution >= 4 is 17.7 Å². The summed E-state index contributed by atoms with van der Waals surface area (Å²) in [4.78, 5) is 8.46. The van der Waals surface area contributed by atoms with Crippen LogP contribution in [0.25, 0.3) is 0 Å². The highest BCUT2D eigenvalue weighted by Gasteiger charge is 2.25. The number of nitrogens with one attached hydrogen (secondary N) is 1. The van der Waals surface area contributed by atoms with E-state index in [-0.39, 0.29) is 6.10 Å². The van der Waals surface area contributed by atoms with E-state index in [1.54, 1.807) is 11.8 Å². The molecule has 2 heterocycles. The zero-order valence-corrected chi connectivity index (χ0v) is 10.3. The minimum Gasteiger partial charge on any atom is -0.377 e. The first-order valence-electron chi connectivity index (χ1n) is 5.29. The van der Waals surface area contributed by atoms with Gasteiger partial charge in [-0.05, 0) is 26.3 Å². The molecule has 88 valence electrons.